The van der Waals surface area contributed by atoms with Crippen molar-refractivity contribution in [1.82, 2.24) is 10.0 Å². The van der Waals surface area contributed by atoms with E-state index in [4.69, 9.17) is 4.74 Å². The molecule has 3 N–H and O–H groups in total. The molecule has 0 heterocycles. The lowest BCUT2D eigenvalue weighted by molar-refractivity contribution is -0.140. The van der Waals surface area contributed by atoms with Gasteiger partial charge in [0.2, 0.25) is 0 Å². The number of benzene rings is 4. The summed E-state index contributed by atoms with van der Waals surface area (Å²) < 4.78 is 7.71. The Hall–Kier alpha value is -4.89. The van der Waals surface area contributed by atoms with Crippen molar-refractivity contribution in [2.45, 2.75) is 24.1 Å². The molecule has 4 rings (SSSR count). The number of carboxylic acids is 1. The summed E-state index contributed by atoms with van der Waals surface area (Å²) in [7, 11) is 1.30. The van der Waals surface area contributed by atoms with Crippen LogP contribution < -0.4 is 10.0 Å². The van der Waals surface area contributed by atoms with Gasteiger partial charge < -0.3 is 15.2 Å². The van der Waals surface area contributed by atoms with Crippen LogP contribution in [0.25, 0.3) is 11.1 Å². The van der Waals surface area contributed by atoms with E-state index in [2.05, 4.69) is 10.0 Å². The summed E-state index contributed by atoms with van der Waals surface area (Å²) in [6, 6.07) is 30.8. The highest BCUT2D eigenvalue weighted by Crippen LogP contribution is 2.28. The van der Waals surface area contributed by atoms with Crippen molar-refractivity contribution in [2.24, 2.45) is 0 Å². The maximum atomic E-state index is 13.4. The lowest BCUT2D eigenvalue weighted by Crippen LogP contribution is -2.42. The molecule has 0 saturated heterocycles. The first-order valence-electron chi connectivity index (χ1n) is 13.2. The molecule has 9 heteroatoms. The van der Waals surface area contributed by atoms with Crippen LogP contribution in [-0.2, 0) is 27.2 Å². The maximum Gasteiger partial charge on any atom is 0.326 e. The average Bonchev–Trinajstić information content (AvgIpc) is 3.03. The van der Waals surface area contributed by atoms with Crippen LogP contribution in [-0.4, -0.2) is 47.3 Å². The molecule has 214 valence electrons. The molecule has 0 radical (unpaired) electrons. The SMILES string of the molecule is COC(=O)C(Cc1ccccc1)SNC(=O)c1ccccc1-c1ccccc1C(=O)N[C@@H](Cc1ccccc1)C(=O)O. The molecule has 0 bridgehead atoms. The third-order valence-corrected chi connectivity index (χ3v) is 7.49. The molecule has 8 nitrogen and oxygen atoms in total. The van der Waals surface area contributed by atoms with Gasteiger partial charge in [-0.1, -0.05) is 97.1 Å². The quantitative estimate of drug-likeness (QED) is 0.160. The van der Waals surface area contributed by atoms with Crippen LogP contribution in [0, 0.1) is 0 Å². The number of nitrogens with one attached hydrogen (secondary N) is 2. The van der Waals surface area contributed by atoms with E-state index in [-0.39, 0.29) is 17.5 Å². The lowest BCUT2D eigenvalue weighted by atomic mass is 9.94. The second kappa shape index (κ2) is 14.7. The molecule has 0 aliphatic rings. The van der Waals surface area contributed by atoms with Gasteiger partial charge in [-0.3, -0.25) is 19.1 Å². The molecule has 2 atom stereocenters. The fourth-order valence-electron chi connectivity index (χ4n) is 4.43. The third kappa shape index (κ3) is 7.86. The molecular weight excluding hydrogens is 552 g/mol. The van der Waals surface area contributed by atoms with Gasteiger partial charge in [0, 0.05) is 17.5 Å². The van der Waals surface area contributed by atoms with Crippen molar-refractivity contribution >= 4 is 35.7 Å². The van der Waals surface area contributed by atoms with Crippen molar-refractivity contribution in [3.05, 3.63) is 131 Å². The summed E-state index contributed by atoms with van der Waals surface area (Å²) in [4.78, 5) is 51.2. The number of carbonyl (C=O) groups excluding carboxylic acids is 3. The molecule has 0 saturated carbocycles. The van der Waals surface area contributed by atoms with E-state index >= 15 is 0 Å². The van der Waals surface area contributed by atoms with Crippen LogP contribution >= 0.6 is 11.9 Å². The van der Waals surface area contributed by atoms with Crippen LogP contribution in [0.1, 0.15) is 31.8 Å². The molecule has 4 aromatic carbocycles. The average molecular weight is 583 g/mol. The van der Waals surface area contributed by atoms with Crippen LogP contribution in [0.3, 0.4) is 0 Å². The Bertz CT molecular complexity index is 1540. The highest BCUT2D eigenvalue weighted by atomic mass is 32.2. The Labute approximate surface area is 248 Å². The standard InChI is InChI=1S/C33H30N2O6S/c1-41-33(40)29(21-23-14-6-3-7-15-23)42-35-31(37)27-19-11-9-17-25(27)24-16-8-10-18-26(24)30(36)34-28(32(38)39)20-22-12-4-2-5-13-22/h2-19,28-29H,20-21H2,1H3,(H,34,36)(H,35,37)(H,38,39)/t28-,29?/m0/s1. The number of methoxy groups -OCH3 is 1. The largest absolute Gasteiger partial charge is 0.480 e. The molecule has 2 amide bonds. The molecule has 0 aromatic heterocycles. The molecule has 0 spiro atoms. The zero-order chi connectivity index (χ0) is 29.9. The normalized spacial score (nSPS) is 12.0. The first-order valence-corrected chi connectivity index (χ1v) is 14.1. The number of esters is 1. The summed E-state index contributed by atoms with van der Waals surface area (Å²) >= 11 is 0.960. The number of carbonyl (C=O) groups is 4. The smallest absolute Gasteiger partial charge is 0.326 e. The van der Waals surface area contributed by atoms with Gasteiger partial charge in [-0.25, -0.2) is 4.79 Å². The zero-order valence-corrected chi connectivity index (χ0v) is 23.7. The fourth-order valence-corrected chi connectivity index (χ4v) is 5.26. The maximum absolute atomic E-state index is 13.4. The molecule has 0 aliphatic carbocycles. The summed E-state index contributed by atoms with van der Waals surface area (Å²) in [5, 5.41) is 11.7. The second-order valence-electron chi connectivity index (χ2n) is 9.40. The van der Waals surface area contributed by atoms with Gasteiger partial charge >= 0.3 is 11.9 Å². The highest BCUT2D eigenvalue weighted by molar-refractivity contribution is 7.99. The predicted molar refractivity (Wildman–Crippen MR) is 162 cm³/mol. The monoisotopic (exact) mass is 582 g/mol. The van der Waals surface area contributed by atoms with Crippen molar-refractivity contribution in [3.8, 4) is 11.1 Å². The molecular formula is C33H30N2O6S. The number of hydrogen-bond acceptors (Lipinski definition) is 6. The fraction of sp³-hybridized carbons (Fsp3) is 0.152. The van der Waals surface area contributed by atoms with Crippen LogP contribution in [0.2, 0.25) is 0 Å². The minimum Gasteiger partial charge on any atom is -0.480 e. The Kier molecular flexibility index (Phi) is 10.5. The van der Waals surface area contributed by atoms with Gasteiger partial charge in [0.15, 0.2) is 0 Å². The summed E-state index contributed by atoms with van der Waals surface area (Å²) in [6.45, 7) is 0. The van der Waals surface area contributed by atoms with Gasteiger partial charge in [0.25, 0.3) is 11.8 Å². The summed E-state index contributed by atoms with van der Waals surface area (Å²) in [5.74, 6) is -2.66. The number of ether oxygens (including phenoxy) is 1. The Morgan fingerprint density at radius 3 is 1.69 bits per heavy atom. The van der Waals surface area contributed by atoms with E-state index in [0.717, 1.165) is 23.1 Å². The van der Waals surface area contributed by atoms with Crippen molar-refractivity contribution in [2.75, 3.05) is 7.11 Å². The van der Waals surface area contributed by atoms with E-state index in [9.17, 15) is 24.3 Å². The topological polar surface area (TPSA) is 122 Å². The minimum atomic E-state index is -1.16. The molecule has 1 unspecified atom stereocenters. The number of rotatable bonds is 12. The van der Waals surface area contributed by atoms with E-state index in [1.807, 2.05) is 36.4 Å². The van der Waals surface area contributed by atoms with Gasteiger partial charge in [-0.15, -0.1) is 0 Å². The Morgan fingerprint density at radius 1 is 0.690 bits per heavy atom. The lowest BCUT2D eigenvalue weighted by Gasteiger charge is -2.18. The van der Waals surface area contributed by atoms with Crippen molar-refractivity contribution < 1.29 is 29.0 Å². The van der Waals surface area contributed by atoms with E-state index in [1.165, 1.54) is 7.11 Å². The molecule has 0 aliphatic heterocycles. The zero-order valence-electron chi connectivity index (χ0n) is 22.9. The number of aliphatic carboxylic acids is 1. The molecule has 42 heavy (non-hydrogen) atoms. The first-order chi connectivity index (χ1) is 20.4. The Balaban J connectivity index is 1.55. The van der Waals surface area contributed by atoms with E-state index in [0.29, 0.717) is 17.5 Å². The van der Waals surface area contributed by atoms with Crippen LogP contribution in [0.5, 0.6) is 0 Å². The van der Waals surface area contributed by atoms with E-state index in [1.54, 1.807) is 72.8 Å². The van der Waals surface area contributed by atoms with Gasteiger partial charge in [0.1, 0.15) is 11.3 Å². The molecule has 0 fully saturated rings. The van der Waals surface area contributed by atoms with Crippen molar-refractivity contribution in [1.29, 1.82) is 0 Å². The number of hydrogen-bond donors (Lipinski definition) is 3. The second-order valence-corrected chi connectivity index (χ2v) is 10.4. The summed E-state index contributed by atoms with van der Waals surface area (Å²) in [5.41, 5.74) is 3.14. The minimum absolute atomic E-state index is 0.116. The third-order valence-electron chi connectivity index (χ3n) is 6.54. The number of amides is 2. The summed E-state index contributed by atoms with van der Waals surface area (Å²) in [6.07, 6.45) is 0.474. The highest BCUT2D eigenvalue weighted by Gasteiger charge is 2.25. The first kappa shape index (κ1) is 30.1. The molecule has 4 aromatic rings. The van der Waals surface area contributed by atoms with Crippen molar-refractivity contribution in [3.63, 3.8) is 0 Å². The van der Waals surface area contributed by atoms with Gasteiger partial charge in [-0.05, 0) is 52.8 Å². The van der Waals surface area contributed by atoms with Crippen LogP contribution in [0.15, 0.2) is 109 Å². The van der Waals surface area contributed by atoms with Gasteiger partial charge in [-0.2, -0.15) is 0 Å². The Morgan fingerprint density at radius 2 is 1.17 bits per heavy atom. The van der Waals surface area contributed by atoms with Crippen LogP contribution in [0.4, 0.5) is 0 Å². The van der Waals surface area contributed by atoms with Gasteiger partial charge in [0.05, 0.1) is 7.11 Å². The predicted octanol–water partition coefficient (Wildman–Crippen LogP) is 4.94. The number of carboxylic acid groups (broad SMARTS) is 1. The van der Waals surface area contributed by atoms with E-state index < -0.39 is 35.0 Å².